The molecule has 0 aliphatic carbocycles. The molecular weight excluding hydrogens is 363 g/mol. The lowest BCUT2D eigenvalue weighted by molar-refractivity contribution is -0.173. The van der Waals surface area contributed by atoms with Crippen LogP contribution in [0, 0.1) is 0 Å². The van der Waals surface area contributed by atoms with E-state index in [9.17, 15) is 21.6 Å². The van der Waals surface area contributed by atoms with Gasteiger partial charge in [-0.2, -0.15) is 13.2 Å². The van der Waals surface area contributed by atoms with Crippen molar-refractivity contribution in [2.24, 2.45) is 0 Å². The number of ether oxygens (including phenoxy) is 1. The summed E-state index contributed by atoms with van der Waals surface area (Å²) >= 11 is 3.12. The van der Waals surface area contributed by atoms with E-state index in [1.54, 1.807) is 18.2 Å². The molecule has 1 aromatic rings. The highest BCUT2D eigenvalue weighted by Crippen LogP contribution is 2.20. The van der Waals surface area contributed by atoms with E-state index in [0.29, 0.717) is 4.47 Å². The van der Waals surface area contributed by atoms with Gasteiger partial charge in [-0.05, 0) is 34.5 Å². The lowest BCUT2D eigenvalue weighted by atomic mass is 10.4. The fraction of sp³-hybridized carbons (Fsp3) is 0.455. The van der Waals surface area contributed by atoms with Crippen LogP contribution in [0.4, 0.5) is 13.2 Å². The number of alkyl halides is 3. The predicted octanol–water partition coefficient (Wildman–Crippen LogP) is 2.70. The second-order valence-corrected chi connectivity index (χ2v) is 6.44. The molecule has 0 spiro atoms. The van der Waals surface area contributed by atoms with Crippen molar-refractivity contribution in [2.45, 2.75) is 17.5 Å². The number of benzene rings is 1. The molecule has 0 saturated heterocycles. The third-order valence-corrected chi connectivity index (χ3v) is 4.62. The normalized spacial score (nSPS) is 12.6. The first-order valence-electron chi connectivity index (χ1n) is 5.61. The number of rotatable bonds is 7. The SMILES string of the molecule is O=S(=O)(NCCCOCC(F)(F)F)c1ccccc1Br. The predicted molar refractivity (Wildman–Crippen MR) is 70.8 cm³/mol. The molecule has 0 radical (unpaired) electrons. The first-order chi connectivity index (χ1) is 9.22. The third kappa shape index (κ3) is 6.21. The quantitative estimate of drug-likeness (QED) is 0.745. The Morgan fingerprint density at radius 1 is 1.25 bits per heavy atom. The summed E-state index contributed by atoms with van der Waals surface area (Å²) < 4.78 is 66.2. The van der Waals surface area contributed by atoms with E-state index in [0.717, 1.165) is 0 Å². The molecule has 0 aliphatic heterocycles. The molecule has 0 unspecified atom stereocenters. The van der Waals surface area contributed by atoms with Crippen LogP contribution in [0.15, 0.2) is 33.6 Å². The summed E-state index contributed by atoms with van der Waals surface area (Å²) in [7, 11) is -3.68. The Labute approximate surface area is 123 Å². The molecule has 1 N–H and O–H groups in total. The fourth-order valence-electron chi connectivity index (χ4n) is 1.31. The molecule has 0 atom stereocenters. The van der Waals surface area contributed by atoms with Crippen LogP contribution in [-0.2, 0) is 14.8 Å². The fourth-order valence-corrected chi connectivity index (χ4v) is 3.38. The summed E-state index contributed by atoms with van der Waals surface area (Å²) in [6.45, 7) is -1.50. The van der Waals surface area contributed by atoms with Gasteiger partial charge in [-0.3, -0.25) is 0 Å². The average Bonchev–Trinajstić information content (AvgIpc) is 2.32. The minimum Gasteiger partial charge on any atom is -0.372 e. The van der Waals surface area contributed by atoms with Crippen molar-refractivity contribution in [2.75, 3.05) is 19.8 Å². The lowest BCUT2D eigenvalue weighted by Crippen LogP contribution is -2.26. The Morgan fingerprint density at radius 3 is 2.50 bits per heavy atom. The van der Waals surface area contributed by atoms with Crippen LogP contribution < -0.4 is 4.72 Å². The molecule has 0 bridgehead atoms. The summed E-state index contributed by atoms with van der Waals surface area (Å²) in [5.41, 5.74) is 0. The average molecular weight is 376 g/mol. The molecule has 0 aliphatic rings. The van der Waals surface area contributed by atoms with Crippen LogP contribution in [0.3, 0.4) is 0 Å². The van der Waals surface area contributed by atoms with Crippen molar-refractivity contribution in [1.82, 2.24) is 4.72 Å². The smallest absolute Gasteiger partial charge is 0.372 e. The van der Waals surface area contributed by atoms with Crippen molar-refractivity contribution in [1.29, 1.82) is 0 Å². The van der Waals surface area contributed by atoms with Gasteiger partial charge in [0.2, 0.25) is 10.0 Å². The molecule has 0 amide bonds. The Bertz CT molecular complexity index is 534. The van der Waals surface area contributed by atoms with E-state index in [-0.39, 0.29) is 24.5 Å². The van der Waals surface area contributed by atoms with Gasteiger partial charge in [0.1, 0.15) is 6.61 Å². The van der Waals surface area contributed by atoms with Crippen LogP contribution in [0.2, 0.25) is 0 Å². The molecule has 0 heterocycles. The zero-order valence-electron chi connectivity index (χ0n) is 10.3. The molecule has 0 saturated carbocycles. The van der Waals surface area contributed by atoms with Crippen molar-refractivity contribution in [3.8, 4) is 0 Å². The van der Waals surface area contributed by atoms with Crippen LogP contribution in [0.1, 0.15) is 6.42 Å². The Kier molecular flexibility index (Phi) is 6.44. The first kappa shape index (κ1) is 17.4. The van der Waals surface area contributed by atoms with Crippen molar-refractivity contribution >= 4 is 26.0 Å². The molecular formula is C11H13BrF3NO3S. The van der Waals surface area contributed by atoms with Crippen molar-refractivity contribution < 1.29 is 26.3 Å². The topological polar surface area (TPSA) is 55.4 Å². The van der Waals surface area contributed by atoms with Gasteiger partial charge in [-0.15, -0.1) is 0 Å². The summed E-state index contributed by atoms with van der Waals surface area (Å²) in [6.07, 6.45) is -4.21. The maximum absolute atomic E-state index is 11.9. The summed E-state index contributed by atoms with van der Waals surface area (Å²) in [5, 5.41) is 0. The van der Waals surface area contributed by atoms with Crippen molar-refractivity contribution in [3.05, 3.63) is 28.7 Å². The van der Waals surface area contributed by atoms with E-state index in [1.807, 2.05) is 0 Å². The summed E-state index contributed by atoms with van der Waals surface area (Å²) in [5.74, 6) is 0. The maximum atomic E-state index is 11.9. The molecule has 1 aromatic carbocycles. The van der Waals surface area contributed by atoms with Crippen LogP contribution >= 0.6 is 15.9 Å². The van der Waals surface area contributed by atoms with Gasteiger partial charge in [-0.25, -0.2) is 13.1 Å². The second kappa shape index (κ2) is 7.39. The summed E-state index contributed by atoms with van der Waals surface area (Å²) in [6, 6.07) is 6.26. The van der Waals surface area contributed by atoms with E-state index in [1.165, 1.54) is 6.07 Å². The van der Waals surface area contributed by atoms with E-state index >= 15 is 0 Å². The minimum atomic E-state index is -4.37. The highest BCUT2D eigenvalue weighted by atomic mass is 79.9. The van der Waals surface area contributed by atoms with E-state index in [4.69, 9.17) is 0 Å². The number of halogens is 4. The first-order valence-corrected chi connectivity index (χ1v) is 7.89. The zero-order valence-corrected chi connectivity index (χ0v) is 12.7. The van der Waals surface area contributed by atoms with E-state index in [2.05, 4.69) is 25.4 Å². The molecule has 4 nitrogen and oxygen atoms in total. The minimum absolute atomic E-state index is 0.00151. The Morgan fingerprint density at radius 2 is 1.90 bits per heavy atom. The van der Waals surface area contributed by atoms with Crippen molar-refractivity contribution in [3.63, 3.8) is 0 Å². The highest BCUT2D eigenvalue weighted by molar-refractivity contribution is 9.10. The molecule has 20 heavy (non-hydrogen) atoms. The van der Waals surface area contributed by atoms with Crippen LogP contribution in [-0.4, -0.2) is 34.4 Å². The third-order valence-electron chi connectivity index (χ3n) is 2.15. The standard InChI is InChI=1S/C11H13BrF3NO3S/c12-9-4-1-2-5-10(9)20(17,18)16-6-3-7-19-8-11(13,14)15/h1-2,4-5,16H,3,6-8H2. The number of hydrogen-bond acceptors (Lipinski definition) is 3. The molecule has 9 heteroatoms. The Balaban J connectivity index is 2.37. The zero-order chi connectivity index (χ0) is 15.2. The second-order valence-electron chi connectivity index (χ2n) is 3.85. The Hall–Kier alpha value is -0.640. The van der Waals surface area contributed by atoms with Gasteiger partial charge in [0.05, 0.1) is 4.90 Å². The lowest BCUT2D eigenvalue weighted by Gasteiger charge is -2.09. The van der Waals surface area contributed by atoms with E-state index < -0.39 is 22.8 Å². The molecule has 0 fully saturated rings. The largest absolute Gasteiger partial charge is 0.411 e. The number of hydrogen-bond donors (Lipinski definition) is 1. The molecule has 1 rings (SSSR count). The van der Waals surface area contributed by atoms with Gasteiger partial charge in [0, 0.05) is 17.6 Å². The molecule has 114 valence electrons. The van der Waals surface area contributed by atoms with Gasteiger partial charge >= 0.3 is 6.18 Å². The van der Waals surface area contributed by atoms with Gasteiger partial charge < -0.3 is 4.74 Å². The monoisotopic (exact) mass is 375 g/mol. The van der Waals surface area contributed by atoms with Gasteiger partial charge in [0.25, 0.3) is 0 Å². The molecule has 0 aromatic heterocycles. The van der Waals surface area contributed by atoms with Crippen LogP contribution in [0.5, 0.6) is 0 Å². The van der Waals surface area contributed by atoms with Crippen LogP contribution in [0.25, 0.3) is 0 Å². The maximum Gasteiger partial charge on any atom is 0.411 e. The highest BCUT2D eigenvalue weighted by Gasteiger charge is 2.27. The van der Waals surface area contributed by atoms with Gasteiger partial charge in [-0.1, -0.05) is 12.1 Å². The number of nitrogens with one attached hydrogen (secondary N) is 1. The summed E-state index contributed by atoms with van der Waals surface area (Å²) in [4.78, 5) is 0.0798. The van der Waals surface area contributed by atoms with Gasteiger partial charge in [0.15, 0.2) is 0 Å². The number of sulfonamides is 1.